The first-order chi connectivity index (χ1) is 29.5. The van der Waals surface area contributed by atoms with Crippen molar-refractivity contribution in [2.24, 2.45) is 0 Å². The second-order valence-electron chi connectivity index (χ2n) is 18.2. The van der Waals surface area contributed by atoms with Gasteiger partial charge in [-0.15, -0.1) is 0 Å². The summed E-state index contributed by atoms with van der Waals surface area (Å²) in [5, 5.41) is 23.0. The topological polar surface area (TPSA) is 95.9 Å². The molecule has 0 aromatic heterocycles. The standard InChI is InChI=1S/C54H103NO5/c1-3-5-7-9-11-13-15-16-17-18-21-24-28-32-36-40-44-48-54(59)60-49-45-41-37-33-29-25-22-19-20-23-27-31-35-39-43-47-53(58)55-51(50-56)52(57)46-42-38-34-30-26-14-12-10-8-6-4-2/h16-17,42,46,51-52,56-57H,3-15,18-41,43-45,47-50H2,1-2H3,(H,55,58)/b17-16-,46-42+. The van der Waals surface area contributed by atoms with E-state index >= 15 is 0 Å². The van der Waals surface area contributed by atoms with Gasteiger partial charge in [0.15, 0.2) is 0 Å². The zero-order valence-corrected chi connectivity index (χ0v) is 40.2. The molecule has 0 aliphatic heterocycles. The van der Waals surface area contributed by atoms with Crippen LogP contribution in [0.15, 0.2) is 24.3 Å². The van der Waals surface area contributed by atoms with Crippen molar-refractivity contribution in [2.75, 3.05) is 13.2 Å². The molecule has 3 N–H and O–H groups in total. The molecule has 1 amide bonds. The number of amides is 1. The minimum atomic E-state index is -0.848. The van der Waals surface area contributed by atoms with Crippen LogP contribution in [0.25, 0.3) is 0 Å². The lowest BCUT2D eigenvalue weighted by Gasteiger charge is -2.20. The van der Waals surface area contributed by atoms with Crippen LogP contribution in [0.3, 0.4) is 0 Å². The minimum Gasteiger partial charge on any atom is -0.466 e. The van der Waals surface area contributed by atoms with Gasteiger partial charge in [0.1, 0.15) is 0 Å². The lowest BCUT2D eigenvalue weighted by atomic mass is 10.0. The van der Waals surface area contributed by atoms with E-state index in [0.29, 0.717) is 19.4 Å². The van der Waals surface area contributed by atoms with Gasteiger partial charge in [0.05, 0.1) is 25.4 Å². The van der Waals surface area contributed by atoms with Crippen LogP contribution in [-0.4, -0.2) is 47.4 Å². The zero-order chi connectivity index (χ0) is 43.7. The summed E-state index contributed by atoms with van der Waals surface area (Å²) in [5.74, 6) is -0.0820. The Balaban J connectivity index is 3.43. The molecule has 6 heteroatoms. The highest BCUT2D eigenvalue weighted by molar-refractivity contribution is 5.76. The SMILES string of the molecule is CCCCCCCC/C=C\CCCCCCCCCC(=O)OCCCCCCCCCCCCCCCCCC(=O)NC(CO)C(O)/C=C/CCCCCCCCCCC. The highest BCUT2D eigenvalue weighted by atomic mass is 16.5. The maximum atomic E-state index is 12.4. The fourth-order valence-corrected chi connectivity index (χ4v) is 8.10. The third kappa shape index (κ3) is 45.9. The van der Waals surface area contributed by atoms with E-state index in [0.717, 1.165) is 57.8 Å². The van der Waals surface area contributed by atoms with Crippen molar-refractivity contribution in [3.63, 3.8) is 0 Å². The number of aliphatic hydroxyl groups is 2. The Labute approximate surface area is 373 Å². The number of nitrogens with one attached hydrogen (secondary N) is 1. The number of hydrogen-bond acceptors (Lipinski definition) is 5. The van der Waals surface area contributed by atoms with E-state index in [1.807, 2.05) is 6.08 Å². The first-order valence-electron chi connectivity index (χ1n) is 26.6. The number of unbranched alkanes of at least 4 members (excludes halogenated alkanes) is 36. The van der Waals surface area contributed by atoms with Gasteiger partial charge in [0, 0.05) is 12.8 Å². The van der Waals surface area contributed by atoms with Gasteiger partial charge in [-0.1, -0.05) is 237 Å². The molecule has 6 nitrogen and oxygen atoms in total. The van der Waals surface area contributed by atoms with Gasteiger partial charge >= 0.3 is 5.97 Å². The van der Waals surface area contributed by atoms with Crippen molar-refractivity contribution in [1.29, 1.82) is 0 Å². The summed E-state index contributed by atoms with van der Waals surface area (Å²) in [4.78, 5) is 24.4. The van der Waals surface area contributed by atoms with Crippen molar-refractivity contribution < 1.29 is 24.5 Å². The van der Waals surface area contributed by atoms with Crippen LogP contribution in [0.5, 0.6) is 0 Å². The van der Waals surface area contributed by atoms with Crippen LogP contribution in [0.2, 0.25) is 0 Å². The molecule has 0 saturated carbocycles. The van der Waals surface area contributed by atoms with Crippen LogP contribution in [-0.2, 0) is 14.3 Å². The third-order valence-corrected chi connectivity index (χ3v) is 12.2. The smallest absolute Gasteiger partial charge is 0.305 e. The van der Waals surface area contributed by atoms with Gasteiger partial charge < -0.3 is 20.3 Å². The molecule has 2 atom stereocenters. The largest absolute Gasteiger partial charge is 0.466 e. The summed E-state index contributed by atoms with van der Waals surface area (Å²) in [7, 11) is 0. The van der Waals surface area contributed by atoms with Crippen LogP contribution >= 0.6 is 0 Å². The summed E-state index contributed by atoms with van der Waals surface area (Å²) in [6.45, 7) is 4.87. The summed E-state index contributed by atoms with van der Waals surface area (Å²) in [5.41, 5.74) is 0. The van der Waals surface area contributed by atoms with Crippen LogP contribution in [0.4, 0.5) is 0 Å². The van der Waals surface area contributed by atoms with E-state index in [1.54, 1.807) is 6.08 Å². The van der Waals surface area contributed by atoms with Gasteiger partial charge in [-0.25, -0.2) is 0 Å². The number of esters is 1. The van der Waals surface area contributed by atoms with Crippen molar-refractivity contribution in [3.05, 3.63) is 24.3 Å². The Morgan fingerprint density at radius 2 is 0.783 bits per heavy atom. The molecule has 0 bridgehead atoms. The molecular formula is C54H103NO5. The summed E-state index contributed by atoms with van der Waals surface area (Å²) in [6.07, 6.45) is 59.0. The van der Waals surface area contributed by atoms with E-state index in [1.165, 1.54) is 199 Å². The van der Waals surface area contributed by atoms with Gasteiger partial charge in [0.25, 0.3) is 0 Å². The van der Waals surface area contributed by atoms with Crippen LogP contribution in [0.1, 0.15) is 284 Å². The number of allylic oxidation sites excluding steroid dienone is 3. The number of rotatable bonds is 49. The van der Waals surface area contributed by atoms with E-state index in [-0.39, 0.29) is 18.5 Å². The van der Waals surface area contributed by atoms with Crippen molar-refractivity contribution >= 4 is 11.9 Å². The fraction of sp³-hybridized carbons (Fsp3) is 0.889. The van der Waals surface area contributed by atoms with Gasteiger partial charge in [0.2, 0.25) is 5.91 Å². The Morgan fingerprint density at radius 3 is 1.18 bits per heavy atom. The first kappa shape index (κ1) is 58.3. The van der Waals surface area contributed by atoms with Crippen molar-refractivity contribution in [1.82, 2.24) is 5.32 Å². The van der Waals surface area contributed by atoms with Crippen LogP contribution < -0.4 is 5.32 Å². The lowest BCUT2D eigenvalue weighted by Crippen LogP contribution is -2.45. The number of carbonyl (C=O) groups excluding carboxylic acids is 2. The zero-order valence-electron chi connectivity index (χ0n) is 40.2. The monoisotopic (exact) mass is 846 g/mol. The Kier molecular flexibility index (Phi) is 48.6. The average Bonchev–Trinajstić information content (AvgIpc) is 3.25. The molecule has 0 aliphatic carbocycles. The second-order valence-corrected chi connectivity index (χ2v) is 18.2. The third-order valence-electron chi connectivity index (χ3n) is 12.2. The molecule has 0 aliphatic rings. The van der Waals surface area contributed by atoms with Gasteiger partial charge in [-0.2, -0.15) is 0 Å². The highest BCUT2D eigenvalue weighted by Crippen LogP contribution is 2.16. The molecule has 0 fully saturated rings. The maximum Gasteiger partial charge on any atom is 0.305 e. The number of aliphatic hydroxyl groups excluding tert-OH is 2. The lowest BCUT2D eigenvalue weighted by molar-refractivity contribution is -0.143. The molecule has 0 aromatic carbocycles. The Morgan fingerprint density at radius 1 is 0.450 bits per heavy atom. The molecule has 0 rings (SSSR count). The maximum absolute atomic E-state index is 12.4. The predicted molar refractivity (Wildman–Crippen MR) is 260 cm³/mol. The molecule has 0 heterocycles. The summed E-state index contributed by atoms with van der Waals surface area (Å²) < 4.78 is 5.47. The molecule has 0 saturated heterocycles. The first-order valence-corrected chi connectivity index (χ1v) is 26.6. The van der Waals surface area contributed by atoms with Crippen LogP contribution in [0, 0.1) is 0 Å². The molecule has 0 aromatic rings. The van der Waals surface area contributed by atoms with E-state index in [2.05, 4.69) is 31.3 Å². The highest BCUT2D eigenvalue weighted by Gasteiger charge is 2.18. The normalized spacial score (nSPS) is 12.8. The molecular weight excluding hydrogens is 743 g/mol. The predicted octanol–water partition coefficient (Wildman–Crippen LogP) is 15.9. The second kappa shape index (κ2) is 50.0. The van der Waals surface area contributed by atoms with E-state index in [9.17, 15) is 19.8 Å². The van der Waals surface area contributed by atoms with Crippen molar-refractivity contribution in [3.8, 4) is 0 Å². The molecule has 60 heavy (non-hydrogen) atoms. The average molecular weight is 846 g/mol. The number of ether oxygens (including phenoxy) is 1. The minimum absolute atomic E-state index is 0.00414. The molecule has 0 radical (unpaired) electrons. The van der Waals surface area contributed by atoms with Gasteiger partial charge in [-0.3, -0.25) is 9.59 Å². The Bertz CT molecular complexity index is 935. The molecule has 2 unspecified atom stereocenters. The number of carbonyl (C=O) groups is 2. The summed E-state index contributed by atoms with van der Waals surface area (Å²) in [6, 6.07) is -0.632. The van der Waals surface area contributed by atoms with Crippen molar-refractivity contribution in [2.45, 2.75) is 296 Å². The number of hydrogen-bond donors (Lipinski definition) is 3. The fourth-order valence-electron chi connectivity index (χ4n) is 8.10. The summed E-state index contributed by atoms with van der Waals surface area (Å²) >= 11 is 0. The Hall–Kier alpha value is -1.66. The van der Waals surface area contributed by atoms with E-state index < -0.39 is 12.1 Å². The quantitative estimate of drug-likeness (QED) is 0.0322. The van der Waals surface area contributed by atoms with Gasteiger partial charge in [-0.05, 0) is 57.8 Å². The molecule has 0 spiro atoms. The molecule has 354 valence electrons. The van der Waals surface area contributed by atoms with E-state index in [4.69, 9.17) is 4.74 Å².